The highest BCUT2D eigenvalue weighted by molar-refractivity contribution is 9.09. The van der Waals surface area contributed by atoms with Crippen LogP contribution in [0.2, 0.25) is 0 Å². The molecule has 6 heteroatoms. The van der Waals surface area contributed by atoms with E-state index in [2.05, 4.69) is 15.9 Å². The SMILES string of the molecule is CC1OC(C)C(C(=O)N(CCBr)CC(F)F)C1C. The summed E-state index contributed by atoms with van der Waals surface area (Å²) in [7, 11) is 0. The van der Waals surface area contributed by atoms with Crippen molar-refractivity contribution in [1.29, 1.82) is 0 Å². The number of alkyl halides is 3. The number of nitrogens with zero attached hydrogens (tertiary/aromatic N) is 1. The molecule has 1 heterocycles. The Morgan fingerprint density at radius 1 is 1.33 bits per heavy atom. The average Bonchev–Trinajstić information content (AvgIpc) is 2.51. The minimum atomic E-state index is -2.50. The summed E-state index contributed by atoms with van der Waals surface area (Å²) in [5, 5.41) is 0.497. The van der Waals surface area contributed by atoms with E-state index in [0.717, 1.165) is 0 Å². The minimum Gasteiger partial charge on any atom is -0.374 e. The van der Waals surface area contributed by atoms with Crippen molar-refractivity contribution in [3.05, 3.63) is 0 Å². The highest BCUT2D eigenvalue weighted by Crippen LogP contribution is 2.33. The molecule has 0 aromatic rings. The van der Waals surface area contributed by atoms with Gasteiger partial charge in [-0.3, -0.25) is 4.79 Å². The monoisotopic (exact) mass is 327 g/mol. The van der Waals surface area contributed by atoms with Crippen molar-refractivity contribution in [3.63, 3.8) is 0 Å². The van der Waals surface area contributed by atoms with E-state index in [9.17, 15) is 13.6 Å². The third kappa shape index (κ3) is 3.63. The van der Waals surface area contributed by atoms with Crippen LogP contribution >= 0.6 is 15.9 Å². The molecule has 4 atom stereocenters. The molecule has 0 aromatic carbocycles. The van der Waals surface area contributed by atoms with Gasteiger partial charge in [-0.05, 0) is 19.8 Å². The fourth-order valence-electron chi connectivity index (χ4n) is 2.46. The van der Waals surface area contributed by atoms with Gasteiger partial charge in [0.25, 0.3) is 6.43 Å². The van der Waals surface area contributed by atoms with Crippen LogP contribution in [0.4, 0.5) is 8.78 Å². The van der Waals surface area contributed by atoms with Crippen LogP contribution in [0.25, 0.3) is 0 Å². The zero-order valence-corrected chi connectivity index (χ0v) is 12.5. The van der Waals surface area contributed by atoms with Gasteiger partial charge < -0.3 is 9.64 Å². The number of hydrogen-bond acceptors (Lipinski definition) is 2. The third-order valence-corrected chi connectivity index (χ3v) is 3.91. The Labute approximate surface area is 115 Å². The summed E-state index contributed by atoms with van der Waals surface area (Å²) >= 11 is 3.19. The molecule has 0 aromatic heterocycles. The van der Waals surface area contributed by atoms with Gasteiger partial charge in [0.15, 0.2) is 0 Å². The van der Waals surface area contributed by atoms with E-state index in [-0.39, 0.29) is 30.0 Å². The largest absolute Gasteiger partial charge is 0.374 e. The first-order valence-corrected chi connectivity index (χ1v) is 7.29. The summed E-state index contributed by atoms with van der Waals surface area (Å²) in [4.78, 5) is 13.6. The minimum absolute atomic E-state index is 0.00804. The van der Waals surface area contributed by atoms with E-state index in [1.807, 2.05) is 20.8 Å². The van der Waals surface area contributed by atoms with Crippen LogP contribution in [0.15, 0.2) is 0 Å². The van der Waals surface area contributed by atoms with Gasteiger partial charge in [0.1, 0.15) is 0 Å². The Bertz CT molecular complexity index is 291. The van der Waals surface area contributed by atoms with Crippen molar-refractivity contribution in [1.82, 2.24) is 4.90 Å². The Balaban J connectivity index is 2.75. The fourth-order valence-corrected chi connectivity index (χ4v) is 2.89. The van der Waals surface area contributed by atoms with Gasteiger partial charge in [-0.2, -0.15) is 0 Å². The van der Waals surface area contributed by atoms with Crippen LogP contribution in [0.1, 0.15) is 20.8 Å². The lowest BCUT2D eigenvalue weighted by Gasteiger charge is -2.27. The molecule has 1 fully saturated rings. The normalized spacial score (nSPS) is 31.9. The van der Waals surface area contributed by atoms with Crippen LogP contribution in [0, 0.1) is 11.8 Å². The van der Waals surface area contributed by atoms with Crippen molar-refractivity contribution in [2.75, 3.05) is 18.4 Å². The molecule has 0 radical (unpaired) electrons. The molecule has 4 unspecified atom stereocenters. The predicted molar refractivity (Wildman–Crippen MR) is 69.0 cm³/mol. The molecule has 1 saturated heterocycles. The second-order valence-corrected chi connectivity index (χ2v) is 5.59. The van der Waals surface area contributed by atoms with E-state index < -0.39 is 13.0 Å². The molecular formula is C12H20BrF2NO2. The summed E-state index contributed by atoms with van der Waals surface area (Å²) in [5.74, 6) is -0.486. The van der Waals surface area contributed by atoms with Crippen LogP contribution < -0.4 is 0 Å². The molecule has 0 N–H and O–H groups in total. The molecule has 1 rings (SSSR count). The lowest BCUT2D eigenvalue weighted by Crippen LogP contribution is -2.44. The number of carbonyl (C=O) groups excluding carboxylic acids is 1. The van der Waals surface area contributed by atoms with E-state index in [4.69, 9.17) is 4.74 Å². The van der Waals surface area contributed by atoms with E-state index in [0.29, 0.717) is 11.9 Å². The van der Waals surface area contributed by atoms with Gasteiger partial charge in [0.2, 0.25) is 5.91 Å². The van der Waals surface area contributed by atoms with Crippen molar-refractivity contribution >= 4 is 21.8 Å². The standard InChI is InChI=1S/C12H20BrF2NO2/c1-7-8(2)18-9(3)11(7)12(17)16(5-4-13)6-10(14)15/h7-11H,4-6H2,1-3H3. The molecule has 1 aliphatic rings. The second kappa shape index (κ2) is 6.80. The van der Waals surface area contributed by atoms with Crippen LogP contribution in [0.3, 0.4) is 0 Å². The lowest BCUT2D eigenvalue weighted by atomic mass is 9.88. The molecule has 1 aliphatic heterocycles. The maximum absolute atomic E-state index is 12.5. The van der Waals surface area contributed by atoms with Crippen molar-refractivity contribution in [2.45, 2.75) is 39.4 Å². The van der Waals surface area contributed by atoms with Gasteiger partial charge in [-0.1, -0.05) is 22.9 Å². The highest BCUT2D eigenvalue weighted by Gasteiger charge is 2.43. The number of ether oxygens (including phenoxy) is 1. The molecule has 0 spiro atoms. The summed E-state index contributed by atoms with van der Waals surface area (Å²) in [6.45, 7) is 5.47. The molecular weight excluding hydrogens is 308 g/mol. The number of hydrogen-bond donors (Lipinski definition) is 0. The molecule has 0 saturated carbocycles. The van der Waals surface area contributed by atoms with E-state index in [1.54, 1.807) is 0 Å². The van der Waals surface area contributed by atoms with Gasteiger partial charge >= 0.3 is 0 Å². The Morgan fingerprint density at radius 3 is 2.33 bits per heavy atom. The fraction of sp³-hybridized carbons (Fsp3) is 0.917. The van der Waals surface area contributed by atoms with Gasteiger partial charge in [-0.15, -0.1) is 0 Å². The maximum atomic E-state index is 12.5. The summed E-state index contributed by atoms with van der Waals surface area (Å²) in [6.07, 6.45) is -2.72. The Kier molecular flexibility index (Phi) is 5.98. The Hall–Kier alpha value is -0.230. The van der Waals surface area contributed by atoms with Crippen LogP contribution in [-0.2, 0) is 9.53 Å². The number of amides is 1. The summed E-state index contributed by atoms with van der Waals surface area (Å²) in [5.41, 5.74) is 0. The maximum Gasteiger partial charge on any atom is 0.255 e. The first-order chi connectivity index (χ1) is 8.38. The number of carbonyl (C=O) groups is 1. The highest BCUT2D eigenvalue weighted by atomic mass is 79.9. The second-order valence-electron chi connectivity index (χ2n) is 4.80. The quantitative estimate of drug-likeness (QED) is 0.726. The van der Waals surface area contributed by atoms with Crippen molar-refractivity contribution in [3.8, 4) is 0 Å². The Morgan fingerprint density at radius 2 is 1.94 bits per heavy atom. The average molecular weight is 328 g/mol. The molecule has 106 valence electrons. The molecule has 1 amide bonds. The van der Waals surface area contributed by atoms with Gasteiger partial charge in [0, 0.05) is 11.9 Å². The molecule has 3 nitrogen and oxygen atoms in total. The van der Waals surface area contributed by atoms with Crippen molar-refractivity contribution in [2.24, 2.45) is 11.8 Å². The zero-order chi connectivity index (χ0) is 13.9. The zero-order valence-electron chi connectivity index (χ0n) is 10.9. The topological polar surface area (TPSA) is 29.5 Å². The van der Waals surface area contributed by atoms with Crippen LogP contribution in [0.5, 0.6) is 0 Å². The summed E-state index contributed by atoms with van der Waals surface area (Å²) < 4.78 is 30.6. The van der Waals surface area contributed by atoms with E-state index in [1.165, 1.54) is 4.90 Å². The molecule has 0 aliphatic carbocycles. The smallest absolute Gasteiger partial charge is 0.255 e. The number of rotatable bonds is 5. The van der Waals surface area contributed by atoms with Gasteiger partial charge in [-0.25, -0.2) is 8.78 Å². The third-order valence-electron chi connectivity index (χ3n) is 3.55. The first kappa shape index (κ1) is 15.8. The summed E-state index contributed by atoms with van der Waals surface area (Å²) in [6, 6.07) is 0. The van der Waals surface area contributed by atoms with Gasteiger partial charge in [0.05, 0.1) is 24.7 Å². The van der Waals surface area contributed by atoms with E-state index >= 15 is 0 Å². The first-order valence-electron chi connectivity index (χ1n) is 6.16. The molecule has 0 bridgehead atoms. The lowest BCUT2D eigenvalue weighted by molar-refractivity contribution is -0.139. The molecule has 18 heavy (non-hydrogen) atoms. The van der Waals surface area contributed by atoms with Crippen molar-refractivity contribution < 1.29 is 18.3 Å². The predicted octanol–water partition coefficient (Wildman–Crippen LogP) is 2.53. The van der Waals surface area contributed by atoms with Crippen LogP contribution in [-0.4, -0.2) is 47.9 Å². The number of halogens is 3.